The van der Waals surface area contributed by atoms with E-state index in [4.69, 9.17) is 9.47 Å². The number of ether oxygens (including phenoxy) is 2. The van der Waals surface area contributed by atoms with Crippen molar-refractivity contribution in [3.8, 4) is 5.75 Å². The van der Waals surface area contributed by atoms with E-state index in [-0.39, 0.29) is 23.6 Å². The molecule has 0 heterocycles. The van der Waals surface area contributed by atoms with Crippen LogP contribution in [-0.4, -0.2) is 37.0 Å². The van der Waals surface area contributed by atoms with Gasteiger partial charge >= 0.3 is 5.97 Å². The molecular formula is C22H26N2O5. The van der Waals surface area contributed by atoms with E-state index < -0.39 is 11.9 Å². The maximum Gasteiger partial charge on any atom is 0.338 e. The third-order valence-electron chi connectivity index (χ3n) is 3.85. The van der Waals surface area contributed by atoms with Crippen LogP contribution in [0.2, 0.25) is 0 Å². The Kier molecular flexibility index (Phi) is 7.36. The maximum atomic E-state index is 12.1. The molecule has 29 heavy (non-hydrogen) atoms. The highest BCUT2D eigenvalue weighted by Gasteiger charge is 2.16. The number of nitrogens with one attached hydrogen (secondary N) is 2. The molecule has 0 aliphatic rings. The highest BCUT2D eigenvalue weighted by atomic mass is 16.5. The maximum absolute atomic E-state index is 12.1. The summed E-state index contributed by atoms with van der Waals surface area (Å²) in [7, 11) is 1.58. The SMILES string of the molecule is COc1ccc(CNC(=O)COC(=O)c2ccc(C(=O)NC(C)(C)C)cc2)cc1. The van der Waals surface area contributed by atoms with Crippen molar-refractivity contribution >= 4 is 17.8 Å². The summed E-state index contributed by atoms with van der Waals surface area (Å²) in [5, 5.41) is 5.52. The Balaban J connectivity index is 1.80. The van der Waals surface area contributed by atoms with Crippen molar-refractivity contribution in [1.29, 1.82) is 0 Å². The van der Waals surface area contributed by atoms with Gasteiger partial charge in [0, 0.05) is 17.6 Å². The standard InChI is InChI=1S/C22H26N2O5/c1-22(2,3)24-20(26)16-7-9-17(10-8-16)21(27)29-14-19(25)23-13-15-5-11-18(28-4)12-6-15/h5-12H,13-14H2,1-4H3,(H,23,25)(H,24,26). The predicted octanol–water partition coefficient (Wildman–Crippen LogP) is 2.70. The predicted molar refractivity (Wildman–Crippen MR) is 109 cm³/mol. The lowest BCUT2D eigenvalue weighted by Gasteiger charge is -2.20. The molecule has 7 heteroatoms. The third kappa shape index (κ3) is 7.29. The Morgan fingerprint density at radius 1 is 0.897 bits per heavy atom. The van der Waals surface area contributed by atoms with E-state index in [1.807, 2.05) is 32.9 Å². The molecule has 2 aromatic rings. The van der Waals surface area contributed by atoms with E-state index in [0.29, 0.717) is 12.1 Å². The monoisotopic (exact) mass is 398 g/mol. The smallest absolute Gasteiger partial charge is 0.338 e. The summed E-state index contributed by atoms with van der Waals surface area (Å²) in [6.07, 6.45) is 0. The second-order valence-electron chi connectivity index (χ2n) is 7.48. The van der Waals surface area contributed by atoms with Crippen molar-refractivity contribution in [3.63, 3.8) is 0 Å². The van der Waals surface area contributed by atoms with Crippen LogP contribution >= 0.6 is 0 Å². The second-order valence-corrected chi connectivity index (χ2v) is 7.48. The number of carbonyl (C=O) groups excluding carboxylic acids is 3. The summed E-state index contributed by atoms with van der Waals surface area (Å²) in [6.45, 7) is 5.59. The van der Waals surface area contributed by atoms with E-state index in [9.17, 15) is 14.4 Å². The van der Waals surface area contributed by atoms with Crippen LogP contribution in [0.15, 0.2) is 48.5 Å². The molecule has 2 rings (SSSR count). The lowest BCUT2D eigenvalue weighted by atomic mass is 10.1. The van der Waals surface area contributed by atoms with Crippen LogP contribution in [-0.2, 0) is 16.1 Å². The molecule has 0 aromatic heterocycles. The van der Waals surface area contributed by atoms with Crippen molar-refractivity contribution in [2.75, 3.05) is 13.7 Å². The molecule has 0 saturated carbocycles. The highest BCUT2D eigenvalue weighted by molar-refractivity contribution is 5.96. The number of hydrogen-bond acceptors (Lipinski definition) is 5. The van der Waals surface area contributed by atoms with Crippen LogP contribution in [0.5, 0.6) is 5.75 Å². The van der Waals surface area contributed by atoms with E-state index in [1.165, 1.54) is 12.1 Å². The van der Waals surface area contributed by atoms with Crippen LogP contribution in [0, 0.1) is 0 Å². The van der Waals surface area contributed by atoms with Gasteiger partial charge in [-0.05, 0) is 62.7 Å². The van der Waals surface area contributed by atoms with Gasteiger partial charge in [0.05, 0.1) is 12.7 Å². The van der Waals surface area contributed by atoms with Gasteiger partial charge < -0.3 is 20.1 Å². The van der Waals surface area contributed by atoms with Gasteiger partial charge in [-0.2, -0.15) is 0 Å². The Bertz CT molecular complexity index is 852. The molecule has 0 atom stereocenters. The van der Waals surface area contributed by atoms with Gasteiger partial charge in [0.1, 0.15) is 5.75 Å². The number of carbonyl (C=O) groups is 3. The van der Waals surface area contributed by atoms with E-state index in [0.717, 1.165) is 11.3 Å². The number of benzene rings is 2. The van der Waals surface area contributed by atoms with Crippen molar-refractivity contribution < 1.29 is 23.9 Å². The number of rotatable bonds is 7. The summed E-state index contributed by atoms with van der Waals surface area (Å²) in [5.41, 5.74) is 1.25. The number of hydrogen-bond donors (Lipinski definition) is 2. The van der Waals surface area contributed by atoms with Gasteiger partial charge in [0.25, 0.3) is 11.8 Å². The Hall–Kier alpha value is -3.35. The first-order chi connectivity index (χ1) is 13.7. The average molecular weight is 398 g/mol. The summed E-state index contributed by atoms with van der Waals surface area (Å²) in [5.74, 6) is -0.533. The Morgan fingerprint density at radius 2 is 1.48 bits per heavy atom. The topological polar surface area (TPSA) is 93.7 Å². The molecule has 2 amide bonds. The molecule has 0 saturated heterocycles. The fraction of sp³-hybridized carbons (Fsp3) is 0.318. The lowest BCUT2D eigenvalue weighted by Crippen LogP contribution is -2.40. The first kappa shape index (κ1) is 21.9. The van der Waals surface area contributed by atoms with Crippen molar-refractivity contribution in [1.82, 2.24) is 10.6 Å². The number of amides is 2. The molecular weight excluding hydrogens is 372 g/mol. The fourth-order valence-corrected chi connectivity index (χ4v) is 2.38. The van der Waals surface area contributed by atoms with Crippen LogP contribution in [0.25, 0.3) is 0 Å². The van der Waals surface area contributed by atoms with E-state index in [2.05, 4.69) is 10.6 Å². The first-order valence-electron chi connectivity index (χ1n) is 9.17. The van der Waals surface area contributed by atoms with Gasteiger partial charge in [-0.3, -0.25) is 9.59 Å². The number of esters is 1. The summed E-state index contributed by atoms with van der Waals surface area (Å²) in [4.78, 5) is 36.1. The van der Waals surface area contributed by atoms with Crippen molar-refractivity contribution in [2.45, 2.75) is 32.9 Å². The minimum absolute atomic E-state index is 0.227. The van der Waals surface area contributed by atoms with Crippen LogP contribution in [0.4, 0.5) is 0 Å². The molecule has 0 fully saturated rings. The minimum atomic E-state index is -0.632. The third-order valence-corrected chi connectivity index (χ3v) is 3.85. The van der Waals surface area contributed by atoms with Crippen LogP contribution in [0.3, 0.4) is 0 Å². The van der Waals surface area contributed by atoms with Gasteiger partial charge in [0.15, 0.2) is 6.61 Å². The van der Waals surface area contributed by atoms with Crippen molar-refractivity contribution in [2.24, 2.45) is 0 Å². The molecule has 0 spiro atoms. The fourth-order valence-electron chi connectivity index (χ4n) is 2.38. The van der Waals surface area contributed by atoms with Gasteiger partial charge in [0.2, 0.25) is 0 Å². The van der Waals surface area contributed by atoms with Gasteiger partial charge in [-0.1, -0.05) is 12.1 Å². The zero-order chi connectivity index (χ0) is 21.4. The normalized spacial score (nSPS) is 10.8. The zero-order valence-electron chi connectivity index (χ0n) is 17.1. The molecule has 0 aliphatic heterocycles. The molecule has 2 N–H and O–H groups in total. The largest absolute Gasteiger partial charge is 0.497 e. The lowest BCUT2D eigenvalue weighted by molar-refractivity contribution is -0.124. The van der Waals surface area contributed by atoms with Crippen molar-refractivity contribution in [3.05, 3.63) is 65.2 Å². The summed E-state index contributed by atoms with van der Waals surface area (Å²) < 4.78 is 10.1. The Labute approximate surface area is 170 Å². The quantitative estimate of drug-likeness (QED) is 0.700. The molecule has 0 unspecified atom stereocenters. The van der Waals surface area contributed by atoms with Crippen LogP contribution < -0.4 is 15.4 Å². The molecule has 7 nitrogen and oxygen atoms in total. The van der Waals surface area contributed by atoms with E-state index in [1.54, 1.807) is 31.4 Å². The van der Waals surface area contributed by atoms with Gasteiger partial charge in [-0.15, -0.1) is 0 Å². The second kappa shape index (κ2) is 9.73. The molecule has 0 radical (unpaired) electrons. The first-order valence-corrected chi connectivity index (χ1v) is 9.17. The summed E-state index contributed by atoms with van der Waals surface area (Å²) >= 11 is 0. The molecule has 154 valence electrons. The average Bonchev–Trinajstić information content (AvgIpc) is 2.69. The Morgan fingerprint density at radius 3 is 2.03 bits per heavy atom. The molecule has 0 aliphatic carbocycles. The van der Waals surface area contributed by atoms with E-state index >= 15 is 0 Å². The highest BCUT2D eigenvalue weighted by Crippen LogP contribution is 2.11. The van der Waals surface area contributed by atoms with Crippen LogP contribution in [0.1, 0.15) is 47.1 Å². The minimum Gasteiger partial charge on any atom is -0.497 e. The van der Waals surface area contributed by atoms with Gasteiger partial charge in [-0.25, -0.2) is 4.79 Å². The molecule has 0 bridgehead atoms. The molecule has 2 aromatic carbocycles. The zero-order valence-corrected chi connectivity index (χ0v) is 17.1. The number of methoxy groups -OCH3 is 1. The summed E-state index contributed by atoms with van der Waals surface area (Å²) in [6, 6.07) is 13.3.